The Balaban J connectivity index is -0.000000242. The third-order valence-corrected chi connectivity index (χ3v) is 1.77. The summed E-state index contributed by atoms with van der Waals surface area (Å²) in [6.45, 7) is 16.2. The molecule has 0 aromatic rings. The molecule has 0 aromatic carbocycles. The standard InChI is InChI=1S/C5H14N4.C5H10O2.C4H11N/c1-4(2)5(6)8-9(3)7;1-5(2,3)7-4-6;1-3-5-4-2/h4H,7H2,1-3H3,(H2,6,8);4H,1-3H3;5H,3-4H2,1-2H3. The normalized spacial score (nSPS) is 10.9. The second kappa shape index (κ2) is 15.1. The third-order valence-electron chi connectivity index (χ3n) is 1.77. The van der Waals surface area contributed by atoms with Gasteiger partial charge in [0, 0.05) is 13.0 Å². The Hall–Kier alpha value is -1.34. The van der Waals surface area contributed by atoms with Crippen LogP contribution in [0, 0.1) is 5.92 Å². The second-order valence-corrected chi connectivity index (χ2v) is 5.54. The van der Waals surface area contributed by atoms with E-state index in [0.717, 1.165) is 13.1 Å². The number of hydrogen-bond acceptors (Lipinski definition) is 6. The van der Waals surface area contributed by atoms with Crippen LogP contribution < -0.4 is 16.9 Å². The van der Waals surface area contributed by atoms with Crippen molar-refractivity contribution in [3.63, 3.8) is 0 Å². The van der Waals surface area contributed by atoms with Crippen molar-refractivity contribution in [3.05, 3.63) is 0 Å². The number of carbonyl (C=O) groups excluding carboxylic acids is 1. The summed E-state index contributed by atoms with van der Waals surface area (Å²) in [6.07, 6.45) is 0. The number of hydrazone groups is 1. The molecular formula is C14H35N5O2. The maximum atomic E-state index is 9.60. The van der Waals surface area contributed by atoms with E-state index in [1.54, 1.807) is 7.05 Å². The Labute approximate surface area is 130 Å². The van der Waals surface area contributed by atoms with Crippen molar-refractivity contribution in [1.29, 1.82) is 0 Å². The van der Waals surface area contributed by atoms with Crippen LogP contribution in [0.2, 0.25) is 0 Å². The van der Waals surface area contributed by atoms with E-state index in [1.807, 2.05) is 34.6 Å². The van der Waals surface area contributed by atoms with Crippen LogP contribution in [-0.4, -0.2) is 43.2 Å². The van der Waals surface area contributed by atoms with Crippen molar-refractivity contribution < 1.29 is 9.53 Å². The minimum Gasteiger partial charge on any atom is -0.462 e. The summed E-state index contributed by atoms with van der Waals surface area (Å²) in [4.78, 5) is 9.60. The molecule has 0 aliphatic rings. The van der Waals surface area contributed by atoms with Gasteiger partial charge in [0.2, 0.25) is 0 Å². The van der Waals surface area contributed by atoms with E-state index in [9.17, 15) is 4.79 Å². The summed E-state index contributed by atoms with van der Waals surface area (Å²) in [7, 11) is 1.63. The topological polar surface area (TPSA) is 106 Å². The highest BCUT2D eigenvalue weighted by Crippen LogP contribution is 2.02. The fraction of sp³-hybridized carbons (Fsp3) is 0.857. The van der Waals surface area contributed by atoms with Gasteiger partial charge in [-0.1, -0.05) is 27.7 Å². The molecule has 0 spiro atoms. The first-order chi connectivity index (χ1) is 9.51. The highest BCUT2D eigenvalue weighted by Gasteiger charge is 2.07. The lowest BCUT2D eigenvalue weighted by Crippen LogP contribution is -2.27. The number of ether oxygens (including phenoxy) is 1. The van der Waals surface area contributed by atoms with E-state index in [1.165, 1.54) is 5.12 Å². The fourth-order valence-corrected chi connectivity index (χ4v) is 0.692. The average Bonchev–Trinajstić information content (AvgIpc) is 2.29. The van der Waals surface area contributed by atoms with Gasteiger partial charge in [0.15, 0.2) is 0 Å². The Bertz CT molecular complexity index is 259. The first-order valence-electron chi connectivity index (χ1n) is 7.16. The van der Waals surface area contributed by atoms with Crippen LogP contribution >= 0.6 is 0 Å². The third kappa shape index (κ3) is 32.3. The molecule has 7 heteroatoms. The molecule has 0 radical (unpaired) electrons. The number of hydrogen-bond donors (Lipinski definition) is 3. The van der Waals surface area contributed by atoms with Crippen molar-refractivity contribution in [2.24, 2.45) is 22.6 Å². The van der Waals surface area contributed by atoms with Crippen LogP contribution in [-0.2, 0) is 9.53 Å². The molecule has 0 aliphatic carbocycles. The number of nitrogens with two attached hydrogens (primary N) is 2. The Morgan fingerprint density at radius 2 is 1.76 bits per heavy atom. The van der Waals surface area contributed by atoms with Crippen molar-refractivity contribution in [1.82, 2.24) is 10.4 Å². The number of nitrogens with zero attached hydrogens (tertiary/aromatic N) is 2. The quantitative estimate of drug-likeness (QED) is 0.232. The van der Waals surface area contributed by atoms with Crippen molar-refractivity contribution in [3.8, 4) is 0 Å². The first kappa shape index (κ1) is 24.7. The van der Waals surface area contributed by atoms with E-state index in [2.05, 4.69) is 29.0 Å². The molecule has 7 nitrogen and oxygen atoms in total. The summed E-state index contributed by atoms with van der Waals surface area (Å²) in [5.41, 5.74) is 5.13. The summed E-state index contributed by atoms with van der Waals surface area (Å²) in [6, 6.07) is 0. The number of hydrazine groups is 1. The fourth-order valence-electron chi connectivity index (χ4n) is 0.692. The second-order valence-electron chi connectivity index (χ2n) is 5.54. The maximum absolute atomic E-state index is 9.60. The van der Waals surface area contributed by atoms with Crippen LogP contribution in [0.5, 0.6) is 0 Å². The molecule has 0 saturated carbocycles. The zero-order chi connectivity index (χ0) is 17.5. The molecule has 0 fully saturated rings. The Kier molecular flexibility index (Phi) is 17.7. The molecule has 0 aromatic heterocycles. The molecule has 0 saturated heterocycles. The van der Waals surface area contributed by atoms with Gasteiger partial charge in [-0.2, -0.15) is 0 Å². The van der Waals surface area contributed by atoms with Crippen molar-refractivity contribution >= 4 is 12.3 Å². The monoisotopic (exact) mass is 305 g/mol. The molecule has 0 heterocycles. The van der Waals surface area contributed by atoms with Gasteiger partial charge in [0.1, 0.15) is 11.4 Å². The van der Waals surface area contributed by atoms with Crippen molar-refractivity contribution in [2.75, 3.05) is 20.1 Å². The van der Waals surface area contributed by atoms with Gasteiger partial charge in [-0.15, -0.1) is 5.10 Å². The molecule has 5 N–H and O–H groups in total. The lowest BCUT2D eigenvalue weighted by Gasteiger charge is -2.14. The zero-order valence-electron chi connectivity index (χ0n) is 14.9. The highest BCUT2D eigenvalue weighted by atomic mass is 16.5. The van der Waals surface area contributed by atoms with E-state index < -0.39 is 0 Å². The number of carbonyl (C=O) groups is 1. The minimum atomic E-state index is -0.318. The van der Waals surface area contributed by atoms with Gasteiger partial charge in [-0.3, -0.25) is 4.79 Å². The molecule has 0 rings (SSSR count). The molecule has 0 aliphatic heterocycles. The number of nitrogens with one attached hydrogen (secondary N) is 1. The molecule has 0 bridgehead atoms. The maximum Gasteiger partial charge on any atom is 0.293 e. The molecule has 21 heavy (non-hydrogen) atoms. The van der Waals surface area contributed by atoms with Gasteiger partial charge in [0.25, 0.3) is 6.47 Å². The van der Waals surface area contributed by atoms with Crippen LogP contribution in [0.15, 0.2) is 5.10 Å². The predicted molar refractivity (Wildman–Crippen MR) is 89.5 cm³/mol. The smallest absolute Gasteiger partial charge is 0.293 e. The van der Waals surface area contributed by atoms with E-state index >= 15 is 0 Å². The van der Waals surface area contributed by atoms with Gasteiger partial charge >= 0.3 is 0 Å². The van der Waals surface area contributed by atoms with Crippen LogP contribution in [0.4, 0.5) is 0 Å². The first-order valence-corrected chi connectivity index (χ1v) is 7.16. The minimum absolute atomic E-state index is 0.260. The lowest BCUT2D eigenvalue weighted by atomic mass is 10.2. The van der Waals surface area contributed by atoms with E-state index in [4.69, 9.17) is 11.6 Å². The van der Waals surface area contributed by atoms with Crippen LogP contribution in [0.1, 0.15) is 48.5 Å². The molecule has 0 amide bonds. The summed E-state index contributed by atoms with van der Waals surface area (Å²) >= 11 is 0. The average molecular weight is 305 g/mol. The Morgan fingerprint density at radius 3 is 1.81 bits per heavy atom. The molecule has 0 atom stereocenters. The Morgan fingerprint density at radius 1 is 1.33 bits per heavy atom. The lowest BCUT2D eigenvalue weighted by molar-refractivity contribution is -0.138. The van der Waals surface area contributed by atoms with E-state index in [0.29, 0.717) is 12.3 Å². The van der Waals surface area contributed by atoms with Gasteiger partial charge < -0.3 is 15.8 Å². The SMILES string of the molecule is CC(C)(C)OC=O.CC(C)/C(N)=N/N(C)N.CCNCC. The summed E-state index contributed by atoms with van der Waals surface area (Å²) in [5, 5.41) is 8.10. The summed E-state index contributed by atoms with van der Waals surface area (Å²) < 4.78 is 4.55. The number of rotatable bonds is 5. The molecule has 0 unspecified atom stereocenters. The van der Waals surface area contributed by atoms with Gasteiger partial charge in [0.05, 0.1) is 0 Å². The van der Waals surface area contributed by atoms with E-state index in [-0.39, 0.29) is 11.5 Å². The molecular weight excluding hydrogens is 270 g/mol. The van der Waals surface area contributed by atoms with Crippen LogP contribution in [0.25, 0.3) is 0 Å². The molecule has 128 valence electrons. The van der Waals surface area contributed by atoms with Gasteiger partial charge in [-0.05, 0) is 33.9 Å². The predicted octanol–water partition coefficient (Wildman–Crippen LogP) is 1.29. The highest BCUT2D eigenvalue weighted by molar-refractivity contribution is 5.81. The van der Waals surface area contributed by atoms with Crippen LogP contribution in [0.3, 0.4) is 0 Å². The number of amidine groups is 1. The largest absolute Gasteiger partial charge is 0.462 e. The zero-order valence-corrected chi connectivity index (χ0v) is 14.9. The van der Waals surface area contributed by atoms with Crippen molar-refractivity contribution in [2.45, 2.75) is 54.1 Å². The van der Waals surface area contributed by atoms with Gasteiger partial charge in [-0.25, -0.2) is 11.0 Å². The summed E-state index contributed by atoms with van der Waals surface area (Å²) in [5.74, 6) is 6.01.